The molecule has 1 N–H and O–H groups in total. The fraction of sp³-hybridized carbons (Fsp3) is 0.409. The standard InChI is InChI=1S/C22H28N2O5S/c1-4-19(16-10-11-20(28-2)21(15-16)29-3)23-22(25)17-8-7-9-18(14-17)24-12-5-6-13-30(24,26)27/h7-11,14-15,19H,4-6,12-13H2,1-3H3,(H,23,25)/t19-/m1/s1. The first-order valence-corrected chi connectivity index (χ1v) is 11.6. The molecule has 2 aromatic rings. The Morgan fingerprint density at radius 1 is 1.10 bits per heavy atom. The number of ether oxygens (including phenoxy) is 2. The van der Waals surface area contributed by atoms with Crippen LogP contribution in [0, 0.1) is 0 Å². The molecule has 0 bridgehead atoms. The Bertz CT molecular complexity index is 1010. The summed E-state index contributed by atoms with van der Waals surface area (Å²) in [7, 11) is -0.182. The van der Waals surface area contributed by atoms with Gasteiger partial charge in [-0.15, -0.1) is 0 Å². The number of methoxy groups -OCH3 is 2. The van der Waals surface area contributed by atoms with Crippen LogP contribution < -0.4 is 19.1 Å². The topological polar surface area (TPSA) is 84.9 Å². The zero-order valence-corrected chi connectivity index (χ0v) is 18.4. The molecule has 1 amide bonds. The van der Waals surface area contributed by atoms with E-state index < -0.39 is 10.0 Å². The van der Waals surface area contributed by atoms with Crippen molar-refractivity contribution in [3.8, 4) is 11.5 Å². The van der Waals surface area contributed by atoms with Gasteiger partial charge in [-0.1, -0.05) is 19.1 Å². The molecule has 30 heavy (non-hydrogen) atoms. The van der Waals surface area contributed by atoms with Gasteiger partial charge in [-0.05, 0) is 55.2 Å². The zero-order chi connectivity index (χ0) is 21.7. The van der Waals surface area contributed by atoms with Gasteiger partial charge in [0.2, 0.25) is 10.0 Å². The van der Waals surface area contributed by atoms with Crippen LogP contribution >= 0.6 is 0 Å². The Hall–Kier alpha value is -2.74. The van der Waals surface area contributed by atoms with E-state index in [0.717, 1.165) is 12.0 Å². The van der Waals surface area contributed by atoms with E-state index in [1.807, 2.05) is 25.1 Å². The first-order valence-electron chi connectivity index (χ1n) is 10.0. The molecule has 8 heteroatoms. The lowest BCUT2D eigenvalue weighted by Crippen LogP contribution is -2.38. The van der Waals surface area contributed by atoms with Gasteiger partial charge in [0.15, 0.2) is 11.5 Å². The molecule has 0 unspecified atom stereocenters. The number of hydrogen-bond acceptors (Lipinski definition) is 5. The number of rotatable bonds is 7. The quantitative estimate of drug-likeness (QED) is 0.724. The van der Waals surface area contributed by atoms with Crippen LogP contribution in [0.15, 0.2) is 42.5 Å². The van der Waals surface area contributed by atoms with Crippen molar-refractivity contribution in [1.29, 1.82) is 0 Å². The number of amides is 1. The smallest absolute Gasteiger partial charge is 0.251 e. The molecule has 0 aliphatic carbocycles. The van der Waals surface area contributed by atoms with Gasteiger partial charge in [-0.3, -0.25) is 9.10 Å². The summed E-state index contributed by atoms with van der Waals surface area (Å²) in [5, 5.41) is 3.04. The predicted octanol–water partition coefficient (Wildman–Crippen LogP) is 3.51. The maximum Gasteiger partial charge on any atom is 0.251 e. The van der Waals surface area contributed by atoms with Crippen LogP contribution in [0.5, 0.6) is 11.5 Å². The van der Waals surface area contributed by atoms with Crippen LogP contribution in [0.25, 0.3) is 0 Å². The second-order valence-electron chi connectivity index (χ2n) is 7.19. The van der Waals surface area contributed by atoms with Crippen molar-refractivity contribution in [3.05, 3.63) is 53.6 Å². The van der Waals surface area contributed by atoms with Gasteiger partial charge in [-0.25, -0.2) is 8.42 Å². The highest BCUT2D eigenvalue weighted by Gasteiger charge is 2.26. The lowest BCUT2D eigenvalue weighted by molar-refractivity contribution is 0.0935. The van der Waals surface area contributed by atoms with Gasteiger partial charge in [-0.2, -0.15) is 0 Å². The minimum atomic E-state index is -3.33. The molecule has 1 aliphatic heterocycles. The summed E-state index contributed by atoms with van der Waals surface area (Å²) in [6.07, 6.45) is 2.16. The third-order valence-corrected chi connectivity index (χ3v) is 7.14. The predicted molar refractivity (Wildman–Crippen MR) is 117 cm³/mol. The second kappa shape index (κ2) is 9.38. The summed E-state index contributed by atoms with van der Waals surface area (Å²) in [5.41, 5.74) is 1.85. The first kappa shape index (κ1) is 22.0. The molecule has 162 valence electrons. The summed E-state index contributed by atoms with van der Waals surface area (Å²) in [5.74, 6) is 1.10. The van der Waals surface area contributed by atoms with E-state index in [1.54, 1.807) is 38.5 Å². The van der Waals surface area contributed by atoms with Gasteiger partial charge >= 0.3 is 0 Å². The van der Waals surface area contributed by atoms with E-state index in [-0.39, 0.29) is 17.7 Å². The van der Waals surface area contributed by atoms with Crippen molar-refractivity contribution < 1.29 is 22.7 Å². The molecule has 0 radical (unpaired) electrons. The van der Waals surface area contributed by atoms with E-state index in [2.05, 4.69) is 5.32 Å². The van der Waals surface area contributed by atoms with Crippen LogP contribution in [0.2, 0.25) is 0 Å². The van der Waals surface area contributed by atoms with Crippen LogP contribution in [-0.2, 0) is 10.0 Å². The summed E-state index contributed by atoms with van der Waals surface area (Å²) in [6, 6.07) is 12.1. The van der Waals surface area contributed by atoms with Crippen LogP contribution in [0.3, 0.4) is 0 Å². The molecule has 2 aromatic carbocycles. The van der Waals surface area contributed by atoms with Crippen molar-refractivity contribution in [2.24, 2.45) is 0 Å². The number of nitrogens with zero attached hydrogens (tertiary/aromatic N) is 1. The molecule has 1 aliphatic rings. The third kappa shape index (κ3) is 4.70. The average molecular weight is 433 g/mol. The Morgan fingerprint density at radius 2 is 1.87 bits per heavy atom. The van der Waals surface area contributed by atoms with E-state index in [9.17, 15) is 13.2 Å². The highest BCUT2D eigenvalue weighted by molar-refractivity contribution is 7.92. The molecular weight excluding hydrogens is 404 g/mol. The Labute approximate surface area is 178 Å². The maximum absolute atomic E-state index is 12.9. The van der Waals surface area contributed by atoms with E-state index >= 15 is 0 Å². The van der Waals surface area contributed by atoms with Crippen molar-refractivity contribution >= 4 is 21.6 Å². The molecular formula is C22H28N2O5S. The van der Waals surface area contributed by atoms with Gasteiger partial charge in [0.1, 0.15) is 0 Å². The minimum absolute atomic E-state index is 0.140. The monoisotopic (exact) mass is 432 g/mol. The molecule has 0 aromatic heterocycles. The lowest BCUT2D eigenvalue weighted by Gasteiger charge is -2.28. The summed E-state index contributed by atoms with van der Waals surface area (Å²) in [4.78, 5) is 12.9. The Morgan fingerprint density at radius 3 is 2.53 bits per heavy atom. The number of hydrogen-bond donors (Lipinski definition) is 1. The van der Waals surface area contributed by atoms with E-state index in [1.165, 1.54) is 4.31 Å². The zero-order valence-electron chi connectivity index (χ0n) is 17.6. The van der Waals surface area contributed by atoms with Crippen molar-refractivity contribution in [1.82, 2.24) is 5.32 Å². The molecule has 1 saturated heterocycles. The number of carbonyl (C=O) groups is 1. The average Bonchev–Trinajstić information content (AvgIpc) is 2.76. The molecule has 7 nitrogen and oxygen atoms in total. The van der Waals surface area contributed by atoms with Gasteiger partial charge < -0.3 is 14.8 Å². The van der Waals surface area contributed by atoms with Crippen molar-refractivity contribution in [3.63, 3.8) is 0 Å². The molecule has 1 fully saturated rings. The highest BCUT2D eigenvalue weighted by Crippen LogP contribution is 2.31. The first-order chi connectivity index (χ1) is 14.4. The third-order valence-electron chi connectivity index (χ3n) is 5.27. The number of sulfonamides is 1. The summed E-state index contributed by atoms with van der Waals surface area (Å²) >= 11 is 0. The SMILES string of the molecule is CC[C@@H](NC(=O)c1cccc(N2CCCCS2(=O)=O)c1)c1ccc(OC)c(OC)c1. The number of carbonyl (C=O) groups excluding carboxylic acids is 1. The van der Waals surface area contributed by atoms with Crippen molar-refractivity contribution in [2.75, 3.05) is 30.8 Å². The highest BCUT2D eigenvalue weighted by atomic mass is 32.2. The Balaban J connectivity index is 1.81. The molecule has 1 atom stereocenters. The van der Waals surface area contributed by atoms with Gasteiger partial charge in [0.25, 0.3) is 5.91 Å². The number of benzene rings is 2. The number of nitrogens with one attached hydrogen (secondary N) is 1. The van der Waals surface area contributed by atoms with E-state index in [0.29, 0.717) is 42.1 Å². The fourth-order valence-electron chi connectivity index (χ4n) is 3.61. The van der Waals surface area contributed by atoms with Gasteiger partial charge in [0, 0.05) is 12.1 Å². The number of anilines is 1. The largest absolute Gasteiger partial charge is 0.493 e. The summed E-state index contributed by atoms with van der Waals surface area (Å²) < 4.78 is 36.8. The van der Waals surface area contributed by atoms with Gasteiger partial charge in [0.05, 0.1) is 31.7 Å². The van der Waals surface area contributed by atoms with Crippen LogP contribution in [0.4, 0.5) is 5.69 Å². The fourth-order valence-corrected chi connectivity index (χ4v) is 5.24. The second-order valence-corrected chi connectivity index (χ2v) is 9.21. The maximum atomic E-state index is 12.9. The normalized spacial score (nSPS) is 16.6. The van der Waals surface area contributed by atoms with E-state index in [4.69, 9.17) is 9.47 Å². The Kier molecular flexibility index (Phi) is 6.87. The molecule has 1 heterocycles. The minimum Gasteiger partial charge on any atom is -0.493 e. The lowest BCUT2D eigenvalue weighted by atomic mass is 10.0. The van der Waals surface area contributed by atoms with Crippen molar-refractivity contribution in [2.45, 2.75) is 32.2 Å². The van der Waals surface area contributed by atoms with Crippen LogP contribution in [-0.4, -0.2) is 40.8 Å². The molecule has 0 saturated carbocycles. The molecule has 3 rings (SSSR count). The summed E-state index contributed by atoms with van der Waals surface area (Å²) in [6.45, 7) is 2.43. The molecule has 0 spiro atoms. The van der Waals surface area contributed by atoms with Crippen LogP contribution in [0.1, 0.15) is 48.1 Å².